The van der Waals surface area contributed by atoms with Gasteiger partial charge >= 0.3 is 10.1 Å². The zero-order chi connectivity index (χ0) is 37.8. The summed E-state index contributed by atoms with van der Waals surface area (Å²) in [7, 11) is 0. The van der Waals surface area contributed by atoms with Crippen molar-refractivity contribution in [2.75, 3.05) is 26.2 Å². The van der Waals surface area contributed by atoms with Gasteiger partial charge in [-0.1, -0.05) is 63.4 Å². The van der Waals surface area contributed by atoms with Crippen LogP contribution in [0.5, 0.6) is 10.4 Å². The molecule has 10 rings (SSSR count). The Bertz CT molecular complexity index is 2770. The molecule has 2 aromatic carbocycles. The first-order chi connectivity index (χ1) is 27.4. The molecule has 1 N–H and O–H groups in total. The molecule has 8 heterocycles. The molecule has 16 heteroatoms. The van der Waals surface area contributed by atoms with Gasteiger partial charge in [-0.25, -0.2) is 25.0 Å². The van der Waals surface area contributed by atoms with Crippen molar-refractivity contribution in [1.82, 2.24) is 50.1 Å². The molecule has 0 amide bonds. The number of pyridine rings is 2. The highest BCUT2D eigenvalue weighted by atomic mass is 32.1. The molecule has 6 aromatic heterocycles. The first-order valence-corrected chi connectivity index (χ1v) is 22.0. The monoisotopic (exact) mass is 816 g/mol. The second-order valence-electron chi connectivity index (χ2n) is 14.2. The SMILES string of the molecule is C[C@H](c1ccc2sc(Oc3nnc(-c4ccc5c(n4)CCN([C@@H](C)c4ccc6scnc6c4)CC5)s3)nc2c1)N1CCc2ccc(-c3n[nH]c(=O)s3)nc2CC1. The Kier molecular flexibility index (Phi) is 9.47. The van der Waals surface area contributed by atoms with Crippen LogP contribution in [0.1, 0.15) is 59.6 Å². The summed E-state index contributed by atoms with van der Waals surface area (Å²) < 4.78 is 8.47. The van der Waals surface area contributed by atoms with Crippen LogP contribution in [-0.2, 0) is 25.7 Å². The lowest BCUT2D eigenvalue weighted by Crippen LogP contribution is -2.29. The molecular formula is C40H36N10O2S4. The van der Waals surface area contributed by atoms with Crippen molar-refractivity contribution >= 4 is 65.8 Å². The number of hydrogen-bond donors (Lipinski definition) is 1. The zero-order valence-electron chi connectivity index (χ0n) is 30.6. The van der Waals surface area contributed by atoms with E-state index in [1.165, 1.54) is 49.6 Å². The maximum atomic E-state index is 11.6. The Hall–Kier alpha value is -4.84. The Balaban J connectivity index is 0.787. The third-order valence-electron chi connectivity index (χ3n) is 11.0. The number of nitrogens with zero attached hydrogens (tertiary/aromatic N) is 9. The van der Waals surface area contributed by atoms with Gasteiger partial charge in [-0.05, 0) is 85.3 Å². The average molecular weight is 817 g/mol. The van der Waals surface area contributed by atoms with Crippen LogP contribution in [0.4, 0.5) is 0 Å². The van der Waals surface area contributed by atoms with Crippen molar-refractivity contribution in [3.8, 4) is 31.8 Å². The van der Waals surface area contributed by atoms with Gasteiger partial charge in [-0.2, -0.15) is 5.10 Å². The third-order valence-corrected chi connectivity index (χ3v) is 14.3. The van der Waals surface area contributed by atoms with Gasteiger partial charge in [0.1, 0.15) is 11.4 Å². The molecule has 0 fully saturated rings. The molecule has 282 valence electrons. The van der Waals surface area contributed by atoms with Gasteiger partial charge in [-0.3, -0.25) is 14.6 Å². The molecule has 2 aliphatic rings. The summed E-state index contributed by atoms with van der Waals surface area (Å²) in [4.78, 5) is 35.9. The van der Waals surface area contributed by atoms with Crippen molar-refractivity contribution in [1.29, 1.82) is 0 Å². The molecule has 0 aliphatic carbocycles. The number of fused-ring (bicyclic) bond motifs is 4. The molecular weight excluding hydrogens is 781 g/mol. The number of H-pyrrole nitrogens is 1. The number of ether oxygens (including phenoxy) is 1. The van der Waals surface area contributed by atoms with Gasteiger partial charge < -0.3 is 4.74 Å². The average Bonchev–Trinajstić information content (AvgIpc) is 4.01. The minimum Gasteiger partial charge on any atom is -0.401 e. The second-order valence-corrected chi connectivity index (χ2v) is 18.0. The van der Waals surface area contributed by atoms with E-state index in [-0.39, 0.29) is 10.9 Å². The van der Waals surface area contributed by atoms with E-state index in [4.69, 9.17) is 19.7 Å². The predicted octanol–water partition coefficient (Wildman–Crippen LogP) is 8.14. The lowest BCUT2D eigenvalue weighted by atomic mass is 10.1. The van der Waals surface area contributed by atoms with Crippen LogP contribution in [0.25, 0.3) is 41.8 Å². The van der Waals surface area contributed by atoms with Crippen LogP contribution < -0.4 is 9.61 Å². The summed E-state index contributed by atoms with van der Waals surface area (Å²) in [6.45, 7) is 8.27. The van der Waals surface area contributed by atoms with Crippen LogP contribution >= 0.6 is 45.3 Å². The van der Waals surface area contributed by atoms with Crippen LogP contribution in [0, 0.1) is 0 Å². The molecule has 2 atom stereocenters. The van der Waals surface area contributed by atoms with Crippen molar-refractivity contribution in [2.45, 2.75) is 51.6 Å². The van der Waals surface area contributed by atoms with Crippen LogP contribution in [-0.4, -0.2) is 76.3 Å². The van der Waals surface area contributed by atoms with E-state index in [0.717, 1.165) is 107 Å². The van der Waals surface area contributed by atoms with E-state index in [2.05, 4.69) is 104 Å². The quantitative estimate of drug-likeness (QED) is 0.159. The molecule has 0 spiro atoms. The van der Waals surface area contributed by atoms with Crippen LogP contribution in [0.3, 0.4) is 0 Å². The number of benzene rings is 2. The fourth-order valence-electron chi connectivity index (χ4n) is 7.76. The normalized spacial score (nSPS) is 16.3. The van der Waals surface area contributed by atoms with E-state index in [1.54, 1.807) is 11.3 Å². The van der Waals surface area contributed by atoms with Crippen molar-refractivity contribution in [2.24, 2.45) is 0 Å². The maximum Gasteiger partial charge on any atom is 0.322 e. The standard InChI is InChI=1S/C40H36N10O2S4/c1-22(26-5-9-34-32(19-26)41-21-53-34)49-15-11-25-4-8-31(43-29(25)14-17-49)37-46-48-40(56-37)52-39-44-33-20-27(6-10-35(33)54-39)23(2)50-16-12-24-3-7-30(42-28(24)13-18-50)36-45-47-38(51)55-36/h3-10,19-23H,11-18H2,1-2H3,(H,47,51)/t22-,23+/m0/s1. The summed E-state index contributed by atoms with van der Waals surface area (Å²) in [6.07, 6.45) is 3.58. The van der Waals surface area contributed by atoms with E-state index >= 15 is 0 Å². The second kappa shape index (κ2) is 14.9. The van der Waals surface area contributed by atoms with E-state index in [1.807, 2.05) is 11.6 Å². The number of thiazole rings is 2. The largest absolute Gasteiger partial charge is 0.401 e. The molecule has 56 heavy (non-hydrogen) atoms. The molecule has 2 aliphatic heterocycles. The van der Waals surface area contributed by atoms with Gasteiger partial charge in [0.15, 0.2) is 10.0 Å². The summed E-state index contributed by atoms with van der Waals surface area (Å²) in [5.41, 5.74) is 12.7. The molecule has 0 saturated heterocycles. The minimum atomic E-state index is -0.170. The van der Waals surface area contributed by atoms with Crippen molar-refractivity contribution in [3.63, 3.8) is 0 Å². The van der Waals surface area contributed by atoms with E-state index in [9.17, 15) is 4.79 Å². The van der Waals surface area contributed by atoms with Crippen LogP contribution in [0.2, 0.25) is 0 Å². The Morgan fingerprint density at radius 2 is 1.30 bits per heavy atom. The Labute approximate surface area is 337 Å². The topological polar surface area (TPSA) is 139 Å². The van der Waals surface area contributed by atoms with Crippen molar-refractivity contribution in [3.05, 3.63) is 109 Å². The fourth-order valence-corrected chi connectivity index (χ4v) is 10.5. The smallest absolute Gasteiger partial charge is 0.322 e. The Morgan fingerprint density at radius 1 is 0.661 bits per heavy atom. The first kappa shape index (κ1) is 35.6. The number of aromatic amines is 1. The minimum absolute atomic E-state index is 0.170. The highest BCUT2D eigenvalue weighted by Crippen LogP contribution is 2.37. The van der Waals surface area contributed by atoms with E-state index in [0.29, 0.717) is 21.4 Å². The molecule has 0 bridgehead atoms. The van der Waals surface area contributed by atoms with Gasteiger partial charge in [0.05, 0.1) is 25.9 Å². The van der Waals surface area contributed by atoms with Gasteiger partial charge in [0.25, 0.3) is 5.19 Å². The number of aromatic nitrogens is 8. The fraction of sp³-hybridized carbons (Fsp3) is 0.300. The molecule has 0 radical (unpaired) electrons. The lowest BCUT2D eigenvalue weighted by Gasteiger charge is -2.27. The highest BCUT2D eigenvalue weighted by Gasteiger charge is 2.24. The Morgan fingerprint density at radius 3 is 1.98 bits per heavy atom. The lowest BCUT2D eigenvalue weighted by molar-refractivity contribution is 0.221. The molecule has 0 unspecified atom stereocenters. The summed E-state index contributed by atoms with van der Waals surface area (Å²) >= 11 is 5.67. The molecule has 0 saturated carbocycles. The third kappa shape index (κ3) is 7.05. The zero-order valence-corrected chi connectivity index (χ0v) is 33.9. The first-order valence-electron chi connectivity index (χ1n) is 18.7. The van der Waals surface area contributed by atoms with Crippen molar-refractivity contribution < 1.29 is 4.74 Å². The predicted molar refractivity (Wildman–Crippen MR) is 223 cm³/mol. The molecule has 12 nitrogen and oxygen atoms in total. The highest BCUT2D eigenvalue weighted by molar-refractivity contribution is 7.20. The summed E-state index contributed by atoms with van der Waals surface area (Å²) in [5.74, 6) is 0. The van der Waals surface area contributed by atoms with Gasteiger partial charge in [-0.15, -0.1) is 16.4 Å². The summed E-state index contributed by atoms with van der Waals surface area (Å²) in [6, 6.07) is 22.0. The van der Waals surface area contributed by atoms with Gasteiger partial charge in [0, 0.05) is 62.5 Å². The maximum absolute atomic E-state index is 11.6. The molecule has 8 aromatic rings. The van der Waals surface area contributed by atoms with E-state index < -0.39 is 0 Å². The van der Waals surface area contributed by atoms with Gasteiger partial charge in [0.2, 0.25) is 0 Å². The number of nitrogens with one attached hydrogen (secondary N) is 1. The number of rotatable bonds is 8. The van der Waals surface area contributed by atoms with Crippen LogP contribution in [0.15, 0.2) is 71.0 Å². The number of hydrogen-bond acceptors (Lipinski definition) is 15. The summed E-state index contributed by atoms with van der Waals surface area (Å²) in [5, 5.41) is 17.8.